The lowest BCUT2D eigenvalue weighted by molar-refractivity contribution is 0.370. The van der Waals surface area contributed by atoms with Gasteiger partial charge in [-0.25, -0.2) is 0 Å². The summed E-state index contributed by atoms with van der Waals surface area (Å²) in [7, 11) is 0. The molecule has 2 heterocycles. The Morgan fingerprint density at radius 1 is 1.44 bits per heavy atom. The van der Waals surface area contributed by atoms with Crippen LogP contribution in [-0.4, -0.2) is 27.7 Å². The fraction of sp³-hybridized carbons (Fsp3) is 0.818. The van der Waals surface area contributed by atoms with Crippen LogP contribution in [0.2, 0.25) is 0 Å². The molecule has 1 aliphatic heterocycles. The summed E-state index contributed by atoms with van der Waals surface area (Å²) in [6.07, 6.45) is 6.67. The van der Waals surface area contributed by atoms with Crippen molar-refractivity contribution in [1.82, 2.24) is 10.1 Å². The van der Waals surface area contributed by atoms with Crippen LogP contribution in [0.3, 0.4) is 0 Å². The second-order valence-corrected chi connectivity index (χ2v) is 5.60. The van der Waals surface area contributed by atoms with Crippen molar-refractivity contribution >= 4 is 11.8 Å². The van der Waals surface area contributed by atoms with E-state index < -0.39 is 0 Å². The fourth-order valence-corrected chi connectivity index (χ4v) is 3.20. The third-order valence-electron chi connectivity index (χ3n) is 2.79. The van der Waals surface area contributed by atoms with Crippen molar-refractivity contribution in [2.45, 2.75) is 43.8 Å². The molecule has 1 aromatic heterocycles. The normalized spacial score (nSPS) is 21.2. The van der Waals surface area contributed by atoms with E-state index >= 15 is 0 Å². The van der Waals surface area contributed by atoms with Gasteiger partial charge in [-0.15, -0.1) is 0 Å². The molecular weight excluding hydrogens is 222 g/mol. The van der Waals surface area contributed by atoms with Gasteiger partial charge in [0.1, 0.15) is 0 Å². The Kier molecular flexibility index (Phi) is 4.66. The fourth-order valence-electron chi connectivity index (χ4n) is 1.90. The zero-order valence-corrected chi connectivity index (χ0v) is 10.3. The molecule has 2 N–H and O–H groups in total. The summed E-state index contributed by atoms with van der Waals surface area (Å²) in [5.74, 6) is 2.88. The number of aromatic nitrogens is 2. The van der Waals surface area contributed by atoms with Crippen molar-refractivity contribution in [3.63, 3.8) is 0 Å². The third kappa shape index (κ3) is 3.49. The van der Waals surface area contributed by atoms with Gasteiger partial charge in [0, 0.05) is 18.1 Å². The van der Waals surface area contributed by atoms with Crippen molar-refractivity contribution < 1.29 is 4.52 Å². The Morgan fingerprint density at radius 2 is 2.38 bits per heavy atom. The van der Waals surface area contributed by atoms with Gasteiger partial charge in [0.05, 0.1) is 0 Å². The summed E-state index contributed by atoms with van der Waals surface area (Å²) >= 11 is 2.04. The predicted octanol–water partition coefficient (Wildman–Crippen LogP) is 1.79. The van der Waals surface area contributed by atoms with Gasteiger partial charge in [-0.2, -0.15) is 16.7 Å². The van der Waals surface area contributed by atoms with Gasteiger partial charge in [-0.3, -0.25) is 0 Å². The molecule has 0 aliphatic carbocycles. The van der Waals surface area contributed by atoms with Gasteiger partial charge >= 0.3 is 0 Å². The van der Waals surface area contributed by atoms with E-state index in [-0.39, 0.29) is 0 Å². The minimum atomic E-state index is 0.677. The van der Waals surface area contributed by atoms with E-state index in [4.69, 9.17) is 10.3 Å². The van der Waals surface area contributed by atoms with Crippen LogP contribution in [0.25, 0.3) is 0 Å². The zero-order chi connectivity index (χ0) is 11.2. The largest absolute Gasteiger partial charge is 0.339 e. The lowest BCUT2D eigenvalue weighted by Crippen LogP contribution is -2.13. The molecule has 5 heteroatoms. The van der Waals surface area contributed by atoms with Crippen LogP contribution in [0.4, 0.5) is 0 Å². The maximum atomic E-state index is 5.44. The van der Waals surface area contributed by atoms with E-state index in [9.17, 15) is 0 Å². The van der Waals surface area contributed by atoms with E-state index in [1.54, 1.807) is 0 Å². The van der Waals surface area contributed by atoms with E-state index in [2.05, 4.69) is 10.1 Å². The highest BCUT2D eigenvalue weighted by atomic mass is 32.2. The molecule has 0 spiro atoms. The van der Waals surface area contributed by atoms with E-state index in [1.165, 1.54) is 25.0 Å². The number of thioether (sulfide) groups is 1. The molecular formula is C11H19N3OS. The van der Waals surface area contributed by atoms with Gasteiger partial charge in [-0.05, 0) is 31.6 Å². The van der Waals surface area contributed by atoms with Gasteiger partial charge in [0.25, 0.3) is 0 Å². The Bertz CT molecular complexity index is 310. The second kappa shape index (κ2) is 6.25. The quantitative estimate of drug-likeness (QED) is 0.851. The van der Waals surface area contributed by atoms with Crippen LogP contribution in [0.5, 0.6) is 0 Å². The summed E-state index contributed by atoms with van der Waals surface area (Å²) in [5.41, 5.74) is 5.44. The van der Waals surface area contributed by atoms with E-state index in [0.717, 1.165) is 31.0 Å². The van der Waals surface area contributed by atoms with Gasteiger partial charge in [0.2, 0.25) is 5.89 Å². The SMILES string of the molecule is NCCCc1nc(CC2CCCCS2)no1. The third-order valence-corrected chi connectivity index (χ3v) is 4.19. The van der Waals surface area contributed by atoms with Gasteiger partial charge in [-0.1, -0.05) is 11.6 Å². The first kappa shape index (κ1) is 11.9. The molecule has 16 heavy (non-hydrogen) atoms. The molecule has 90 valence electrons. The maximum absolute atomic E-state index is 5.44. The molecule has 1 saturated heterocycles. The van der Waals surface area contributed by atoms with Crippen molar-refractivity contribution in [3.05, 3.63) is 11.7 Å². The molecule has 1 atom stereocenters. The van der Waals surface area contributed by atoms with E-state index in [0.29, 0.717) is 11.8 Å². The summed E-state index contributed by atoms with van der Waals surface area (Å²) in [6.45, 7) is 0.677. The molecule has 1 fully saturated rings. The summed E-state index contributed by atoms with van der Waals surface area (Å²) in [6, 6.07) is 0. The Balaban J connectivity index is 1.81. The molecule has 1 aromatic rings. The van der Waals surface area contributed by atoms with Crippen molar-refractivity contribution in [3.8, 4) is 0 Å². The number of hydrogen-bond donors (Lipinski definition) is 1. The molecule has 0 aromatic carbocycles. The van der Waals surface area contributed by atoms with Gasteiger partial charge < -0.3 is 10.3 Å². The molecule has 0 amide bonds. The van der Waals surface area contributed by atoms with Crippen LogP contribution in [0.1, 0.15) is 37.4 Å². The van der Waals surface area contributed by atoms with Crippen LogP contribution in [0.15, 0.2) is 4.52 Å². The smallest absolute Gasteiger partial charge is 0.226 e. The number of nitrogens with two attached hydrogens (primary N) is 1. The molecule has 4 nitrogen and oxygen atoms in total. The number of nitrogens with zero attached hydrogens (tertiary/aromatic N) is 2. The first-order valence-corrected chi connectivity index (χ1v) is 7.06. The van der Waals surface area contributed by atoms with Crippen LogP contribution >= 0.6 is 11.8 Å². The average Bonchev–Trinajstić information content (AvgIpc) is 2.75. The molecule has 1 unspecified atom stereocenters. The standard InChI is InChI=1S/C11H19N3OS/c12-6-3-5-11-13-10(14-15-11)8-9-4-1-2-7-16-9/h9H,1-8,12H2. The lowest BCUT2D eigenvalue weighted by atomic mass is 10.1. The van der Waals surface area contributed by atoms with Gasteiger partial charge in [0.15, 0.2) is 5.82 Å². The van der Waals surface area contributed by atoms with Crippen molar-refractivity contribution in [1.29, 1.82) is 0 Å². The highest BCUT2D eigenvalue weighted by Crippen LogP contribution is 2.27. The molecule has 0 radical (unpaired) electrons. The number of aryl methyl sites for hydroxylation is 1. The summed E-state index contributed by atoms with van der Waals surface area (Å²) in [5, 5.41) is 4.71. The lowest BCUT2D eigenvalue weighted by Gasteiger charge is -2.19. The van der Waals surface area contributed by atoms with Crippen LogP contribution in [0, 0.1) is 0 Å². The van der Waals surface area contributed by atoms with Crippen molar-refractivity contribution in [2.75, 3.05) is 12.3 Å². The topological polar surface area (TPSA) is 64.9 Å². The highest BCUT2D eigenvalue weighted by molar-refractivity contribution is 7.99. The monoisotopic (exact) mass is 241 g/mol. The zero-order valence-electron chi connectivity index (χ0n) is 9.52. The molecule has 0 bridgehead atoms. The Morgan fingerprint density at radius 3 is 3.12 bits per heavy atom. The highest BCUT2D eigenvalue weighted by Gasteiger charge is 2.17. The minimum Gasteiger partial charge on any atom is -0.339 e. The first-order valence-electron chi connectivity index (χ1n) is 6.01. The van der Waals surface area contributed by atoms with E-state index in [1.807, 2.05) is 11.8 Å². The Labute approximate surface area is 100 Å². The average molecular weight is 241 g/mol. The summed E-state index contributed by atoms with van der Waals surface area (Å²) < 4.78 is 5.18. The molecule has 0 saturated carbocycles. The van der Waals surface area contributed by atoms with Crippen LogP contribution in [-0.2, 0) is 12.8 Å². The number of rotatable bonds is 5. The van der Waals surface area contributed by atoms with Crippen LogP contribution < -0.4 is 5.73 Å². The first-order chi connectivity index (χ1) is 7.88. The number of hydrogen-bond acceptors (Lipinski definition) is 5. The second-order valence-electron chi connectivity index (χ2n) is 4.19. The predicted molar refractivity (Wildman–Crippen MR) is 65.5 cm³/mol. The van der Waals surface area contributed by atoms with Crippen molar-refractivity contribution in [2.24, 2.45) is 5.73 Å². The molecule has 2 rings (SSSR count). The maximum Gasteiger partial charge on any atom is 0.226 e. The Hall–Kier alpha value is -0.550. The summed E-state index contributed by atoms with van der Waals surface area (Å²) in [4.78, 5) is 4.40. The minimum absolute atomic E-state index is 0.677. The molecule has 1 aliphatic rings.